The van der Waals surface area contributed by atoms with Crippen LogP contribution in [0.15, 0.2) is 4.52 Å². The van der Waals surface area contributed by atoms with Gasteiger partial charge in [-0.15, -0.1) is 0 Å². The minimum Gasteiger partial charge on any atom is -0.383 e. The first-order valence-electron chi connectivity index (χ1n) is 7.97. The van der Waals surface area contributed by atoms with Gasteiger partial charge in [0.25, 0.3) is 0 Å². The highest BCUT2D eigenvalue weighted by Gasteiger charge is 2.24. The van der Waals surface area contributed by atoms with Crippen LogP contribution < -0.4 is 5.32 Å². The maximum Gasteiger partial charge on any atom is 0.240 e. The second-order valence-electron chi connectivity index (χ2n) is 6.02. The monoisotopic (exact) mass is 296 g/mol. The number of methoxy groups -OCH3 is 1. The van der Waals surface area contributed by atoms with Crippen LogP contribution in [0.3, 0.4) is 0 Å². The average molecular weight is 296 g/mol. The summed E-state index contributed by atoms with van der Waals surface area (Å²) < 4.78 is 10.4. The molecule has 0 saturated carbocycles. The van der Waals surface area contributed by atoms with E-state index < -0.39 is 0 Å². The third kappa shape index (κ3) is 5.05. The molecule has 1 aliphatic heterocycles. The SMILES string of the molecule is COCCNCC1CCCCN1Cc1nc(C(C)C)no1. The van der Waals surface area contributed by atoms with Crippen molar-refractivity contribution in [3.63, 3.8) is 0 Å². The lowest BCUT2D eigenvalue weighted by Crippen LogP contribution is -2.45. The molecule has 1 unspecified atom stereocenters. The predicted molar refractivity (Wildman–Crippen MR) is 81.2 cm³/mol. The number of hydrogen-bond donors (Lipinski definition) is 1. The average Bonchev–Trinajstić information content (AvgIpc) is 2.94. The number of nitrogens with one attached hydrogen (secondary N) is 1. The number of likely N-dealkylation sites (tertiary alicyclic amines) is 1. The summed E-state index contributed by atoms with van der Waals surface area (Å²) in [7, 11) is 1.73. The molecule has 1 N–H and O–H groups in total. The van der Waals surface area contributed by atoms with E-state index >= 15 is 0 Å². The normalized spacial score (nSPS) is 20.3. The molecule has 0 radical (unpaired) electrons. The van der Waals surface area contributed by atoms with Crippen molar-refractivity contribution < 1.29 is 9.26 Å². The molecule has 1 aliphatic rings. The number of ether oxygens (including phenoxy) is 1. The van der Waals surface area contributed by atoms with Gasteiger partial charge < -0.3 is 14.6 Å². The molecular weight excluding hydrogens is 268 g/mol. The van der Waals surface area contributed by atoms with Gasteiger partial charge in [-0.3, -0.25) is 4.90 Å². The van der Waals surface area contributed by atoms with Crippen molar-refractivity contribution in [1.82, 2.24) is 20.4 Å². The second kappa shape index (κ2) is 8.46. The van der Waals surface area contributed by atoms with Gasteiger partial charge in [-0.25, -0.2) is 0 Å². The van der Waals surface area contributed by atoms with Gasteiger partial charge in [0, 0.05) is 32.2 Å². The fourth-order valence-corrected chi connectivity index (χ4v) is 2.68. The van der Waals surface area contributed by atoms with E-state index in [9.17, 15) is 0 Å². The summed E-state index contributed by atoms with van der Waals surface area (Å²) in [6, 6.07) is 0.546. The molecule has 1 atom stereocenters. The minimum atomic E-state index is 0.315. The highest BCUT2D eigenvalue weighted by molar-refractivity contribution is 4.92. The first-order valence-corrected chi connectivity index (χ1v) is 7.97. The van der Waals surface area contributed by atoms with Crippen LogP contribution in [0.5, 0.6) is 0 Å². The van der Waals surface area contributed by atoms with Crippen LogP contribution in [0.1, 0.15) is 50.7 Å². The molecule has 6 heteroatoms. The van der Waals surface area contributed by atoms with Gasteiger partial charge in [-0.2, -0.15) is 4.98 Å². The van der Waals surface area contributed by atoms with Crippen molar-refractivity contribution in [2.45, 2.75) is 51.6 Å². The molecule has 0 aromatic carbocycles. The van der Waals surface area contributed by atoms with E-state index in [1.165, 1.54) is 19.3 Å². The van der Waals surface area contributed by atoms with E-state index in [0.29, 0.717) is 12.0 Å². The minimum absolute atomic E-state index is 0.315. The van der Waals surface area contributed by atoms with Crippen LogP contribution in [-0.4, -0.2) is 54.4 Å². The van der Waals surface area contributed by atoms with E-state index in [1.54, 1.807) is 7.11 Å². The standard InChI is InChI=1S/C15H28N4O2/c1-12(2)15-17-14(21-18-15)11-19-8-5-4-6-13(19)10-16-7-9-20-3/h12-13,16H,4-11H2,1-3H3. The molecular formula is C15H28N4O2. The Labute approximate surface area is 127 Å². The molecule has 1 saturated heterocycles. The molecule has 0 spiro atoms. The topological polar surface area (TPSA) is 63.4 Å². The maximum absolute atomic E-state index is 5.38. The lowest BCUT2D eigenvalue weighted by Gasteiger charge is -2.34. The zero-order valence-corrected chi connectivity index (χ0v) is 13.5. The number of hydrogen-bond acceptors (Lipinski definition) is 6. The smallest absolute Gasteiger partial charge is 0.240 e. The first kappa shape index (κ1) is 16.4. The van der Waals surface area contributed by atoms with Crippen molar-refractivity contribution in [2.75, 3.05) is 33.4 Å². The number of rotatable bonds is 8. The van der Waals surface area contributed by atoms with Crippen LogP contribution in [0.2, 0.25) is 0 Å². The van der Waals surface area contributed by atoms with Crippen LogP contribution >= 0.6 is 0 Å². The molecule has 0 amide bonds. The van der Waals surface area contributed by atoms with E-state index in [2.05, 4.69) is 34.2 Å². The summed E-state index contributed by atoms with van der Waals surface area (Å²) in [5, 5.41) is 7.51. The highest BCUT2D eigenvalue weighted by atomic mass is 16.5. The quantitative estimate of drug-likeness (QED) is 0.738. The van der Waals surface area contributed by atoms with Crippen molar-refractivity contribution in [3.8, 4) is 0 Å². The van der Waals surface area contributed by atoms with Gasteiger partial charge >= 0.3 is 0 Å². The second-order valence-corrected chi connectivity index (χ2v) is 6.02. The van der Waals surface area contributed by atoms with E-state index in [0.717, 1.165) is 44.5 Å². The van der Waals surface area contributed by atoms with E-state index in [1.807, 2.05) is 0 Å². The molecule has 2 rings (SSSR count). The first-order chi connectivity index (χ1) is 10.2. The zero-order chi connectivity index (χ0) is 15.1. The lowest BCUT2D eigenvalue weighted by atomic mass is 10.0. The summed E-state index contributed by atoms with van der Waals surface area (Å²) in [4.78, 5) is 6.95. The van der Waals surface area contributed by atoms with Crippen molar-refractivity contribution in [3.05, 3.63) is 11.7 Å². The summed E-state index contributed by atoms with van der Waals surface area (Å²) in [5.74, 6) is 1.86. The highest BCUT2D eigenvalue weighted by Crippen LogP contribution is 2.19. The maximum atomic E-state index is 5.38. The number of piperidine rings is 1. The Hall–Kier alpha value is -0.980. The van der Waals surface area contributed by atoms with E-state index in [4.69, 9.17) is 9.26 Å². The Balaban J connectivity index is 1.85. The molecule has 1 fully saturated rings. The third-order valence-electron chi connectivity index (χ3n) is 3.95. The molecule has 21 heavy (non-hydrogen) atoms. The van der Waals surface area contributed by atoms with Gasteiger partial charge in [0.05, 0.1) is 13.2 Å². The lowest BCUT2D eigenvalue weighted by molar-refractivity contribution is 0.119. The fraction of sp³-hybridized carbons (Fsp3) is 0.867. The molecule has 1 aromatic heterocycles. The van der Waals surface area contributed by atoms with Crippen LogP contribution in [0.4, 0.5) is 0 Å². The Morgan fingerprint density at radius 3 is 3.00 bits per heavy atom. The molecule has 2 heterocycles. The summed E-state index contributed by atoms with van der Waals surface area (Å²) >= 11 is 0. The van der Waals surface area contributed by atoms with E-state index in [-0.39, 0.29) is 0 Å². The zero-order valence-electron chi connectivity index (χ0n) is 13.5. The summed E-state index contributed by atoms with van der Waals surface area (Å²) in [5.41, 5.74) is 0. The Morgan fingerprint density at radius 2 is 2.29 bits per heavy atom. The van der Waals surface area contributed by atoms with Crippen molar-refractivity contribution in [1.29, 1.82) is 0 Å². The predicted octanol–water partition coefficient (Wildman–Crippen LogP) is 1.78. The molecule has 1 aromatic rings. The Morgan fingerprint density at radius 1 is 1.43 bits per heavy atom. The van der Waals surface area contributed by atoms with Gasteiger partial charge in [0.2, 0.25) is 5.89 Å². The Kier molecular flexibility index (Phi) is 6.60. The van der Waals surface area contributed by atoms with Crippen molar-refractivity contribution in [2.24, 2.45) is 0 Å². The number of nitrogens with zero attached hydrogens (tertiary/aromatic N) is 3. The summed E-state index contributed by atoms with van der Waals surface area (Å²) in [6.07, 6.45) is 3.78. The third-order valence-corrected chi connectivity index (χ3v) is 3.95. The van der Waals surface area contributed by atoms with Gasteiger partial charge in [-0.05, 0) is 19.4 Å². The molecule has 6 nitrogen and oxygen atoms in total. The van der Waals surface area contributed by atoms with Crippen molar-refractivity contribution >= 4 is 0 Å². The van der Waals surface area contributed by atoms with Gasteiger partial charge in [0.1, 0.15) is 0 Å². The summed E-state index contributed by atoms with van der Waals surface area (Å²) in [6.45, 7) is 8.68. The molecule has 0 bridgehead atoms. The van der Waals surface area contributed by atoms with Crippen LogP contribution in [0, 0.1) is 0 Å². The molecule has 0 aliphatic carbocycles. The van der Waals surface area contributed by atoms with Crippen LogP contribution in [0.25, 0.3) is 0 Å². The fourth-order valence-electron chi connectivity index (χ4n) is 2.68. The molecule has 120 valence electrons. The Bertz CT molecular complexity index is 408. The number of aromatic nitrogens is 2. The van der Waals surface area contributed by atoms with Gasteiger partial charge in [-0.1, -0.05) is 25.4 Å². The largest absolute Gasteiger partial charge is 0.383 e. The van der Waals surface area contributed by atoms with Gasteiger partial charge in [0.15, 0.2) is 5.82 Å². The van der Waals surface area contributed by atoms with Crippen LogP contribution in [-0.2, 0) is 11.3 Å².